The molecule has 12 heavy (non-hydrogen) atoms. The lowest BCUT2D eigenvalue weighted by Gasteiger charge is -2.15. The quantitative estimate of drug-likeness (QED) is 0.628. The van der Waals surface area contributed by atoms with Gasteiger partial charge in [0, 0.05) is 12.7 Å². The second kappa shape index (κ2) is 2.69. The summed E-state index contributed by atoms with van der Waals surface area (Å²) in [5, 5.41) is 4.06. The molecule has 0 spiro atoms. The molecule has 0 saturated heterocycles. The zero-order chi connectivity index (χ0) is 8.72. The van der Waals surface area contributed by atoms with Crippen molar-refractivity contribution < 1.29 is 4.79 Å². The van der Waals surface area contributed by atoms with Gasteiger partial charge < -0.3 is 0 Å². The third kappa shape index (κ3) is 1.02. The molecule has 3 nitrogen and oxygen atoms in total. The van der Waals surface area contributed by atoms with Crippen LogP contribution >= 0.6 is 15.9 Å². The largest absolute Gasteiger partial charge is 0.293 e. The van der Waals surface area contributed by atoms with Crippen molar-refractivity contribution in [3.05, 3.63) is 17.5 Å². The molecule has 1 unspecified atom stereocenters. The number of hydrogen-bond acceptors (Lipinski definition) is 2. The Morgan fingerprint density at radius 3 is 3.25 bits per heavy atom. The zero-order valence-electron chi connectivity index (χ0n) is 6.75. The van der Waals surface area contributed by atoms with Crippen LogP contribution in [0.4, 0.5) is 0 Å². The smallest absolute Gasteiger partial charge is 0.179 e. The van der Waals surface area contributed by atoms with Gasteiger partial charge in [0.1, 0.15) is 0 Å². The van der Waals surface area contributed by atoms with Crippen molar-refractivity contribution in [3.8, 4) is 0 Å². The maximum atomic E-state index is 11.5. The zero-order valence-corrected chi connectivity index (χ0v) is 8.34. The molecule has 0 fully saturated rings. The number of rotatable bonds is 0. The molecule has 0 aliphatic heterocycles. The van der Waals surface area contributed by atoms with Crippen molar-refractivity contribution in [1.82, 2.24) is 9.78 Å². The summed E-state index contributed by atoms with van der Waals surface area (Å²) < 4.78 is 1.78. The Morgan fingerprint density at radius 2 is 2.50 bits per heavy atom. The van der Waals surface area contributed by atoms with E-state index in [9.17, 15) is 4.79 Å². The Bertz CT molecular complexity index is 332. The van der Waals surface area contributed by atoms with Crippen molar-refractivity contribution in [2.75, 3.05) is 0 Å². The Morgan fingerprint density at radius 1 is 1.75 bits per heavy atom. The monoisotopic (exact) mass is 228 g/mol. The van der Waals surface area contributed by atoms with E-state index in [0.717, 1.165) is 24.1 Å². The van der Waals surface area contributed by atoms with Crippen molar-refractivity contribution in [2.24, 2.45) is 7.05 Å². The number of Topliss-reactive ketones (excluding diaryl/α,β-unsaturated/α-hetero) is 1. The number of carbonyl (C=O) groups excluding carboxylic acids is 1. The number of hydrogen-bond donors (Lipinski definition) is 0. The van der Waals surface area contributed by atoms with Crippen LogP contribution in [0.3, 0.4) is 0 Å². The minimum atomic E-state index is -0.00537. The molecular formula is C8H9BrN2O. The maximum absolute atomic E-state index is 11.5. The normalized spacial score (nSPS) is 22.5. The summed E-state index contributed by atoms with van der Waals surface area (Å²) in [5.41, 5.74) is 1.85. The second-order valence-corrected chi connectivity index (χ2v) is 4.10. The fraction of sp³-hybridized carbons (Fsp3) is 0.500. The molecule has 0 radical (unpaired) electrons. The lowest BCUT2D eigenvalue weighted by atomic mass is 9.97. The topological polar surface area (TPSA) is 34.9 Å². The second-order valence-electron chi connectivity index (χ2n) is 3.00. The summed E-state index contributed by atoms with van der Waals surface area (Å²) in [4.78, 5) is 11.5. The van der Waals surface area contributed by atoms with Crippen LogP contribution in [-0.4, -0.2) is 20.4 Å². The van der Waals surface area contributed by atoms with Gasteiger partial charge in [0.15, 0.2) is 5.78 Å². The summed E-state index contributed by atoms with van der Waals surface area (Å²) in [5.74, 6) is 0.171. The molecule has 0 N–H and O–H groups in total. The molecule has 64 valence electrons. The lowest BCUT2D eigenvalue weighted by Crippen LogP contribution is -2.22. The van der Waals surface area contributed by atoms with Gasteiger partial charge in [-0.3, -0.25) is 9.48 Å². The van der Waals surface area contributed by atoms with Crippen molar-refractivity contribution >= 4 is 21.7 Å². The van der Waals surface area contributed by atoms with Crippen LogP contribution in [0.5, 0.6) is 0 Å². The number of fused-ring (bicyclic) bond motifs is 1. The molecular weight excluding hydrogens is 220 g/mol. The number of nitrogens with zero attached hydrogens (tertiary/aromatic N) is 2. The van der Waals surface area contributed by atoms with E-state index in [-0.39, 0.29) is 10.6 Å². The number of ketones is 1. The third-order valence-corrected chi connectivity index (χ3v) is 3.12. The molecule has 0 saturated carbocycles. The summed E-state index contributed by atoms with van der Waals surface area (Å²) in [6.45, 7) is 0. The molecule has 1 aliphatic rings. The van der Waals surface area contributed by atoms with Crippen LogP contribution in [0.25, 0.3) is 0 Å². The number of carbonyl (C=O) groups is 1. The minimum Gasteiger partial charge on any atom is -0.293 e. The van der Waals surface area contributed by atoms with Gasteiger partial charge in [0.05, 0.1) is 16.6 Å². The number of alkyl halides is 1. The molecule has 1 aliphatic carbocycles. The van der Waals surface area contributed by atoms with E-state index in [1.807, 2.05) is 7.05 Å². The number of aromatic nitrogens is 2. The highest BCUT2D eigenvalue weighted by molar-refractivity contribution is 9.10. The molecule has 0 aromatic carbocycles. The first-order valence-corrected chi connectivity index (χ1v) is 4.81. The van der Waals surface area contributed by atoms with E-state index in [0.29, 0.717) is 0 Å². The van der Waals surface area contributed by atoms with Crippen LogP contribution < -0.4 is 0 Å². The van der Waals surface area contributed by atoms with Gasteiger partial charge in [0.2, 0.25) is 0 Å². The van der Waals surface area contributed by atoms with Crippen LogP contribution in [0.1, 0.15) is 22.5 Å². The first-order chi connectivity index (χ1) is 5.70. The van der Waals surface area contributed by atoms with Crippen molar-refractivity contribution in [3.63, 3.8) is 0 Å². The van der Waals surface area contributed by atoms with Gasteiger partial charge in [-0.2, -0.15) is 5.10 Å². The molecule has 1 heterocycles. The van der Waals surface area contributed by atoms with E-state index in [1.54, 1.807) is 10.9 Å². The molecule has 1 aromatic heterocycles. The summed E-state index contributed by atoms with van der Waals surface area (Å²) in [6, 6.07) is 0. The minimum absolute atomic E-state index is 0.00537. The highest BCUT2D eigenvalue weighted by Crippen LogP contribution is 2.24. The van der Waals surface area contributed by atoms with E-state index < -0.39 is 0 Å². The number of halogens is 1. The first kappa shape index (κ1) is 7.98. The highest BCUT2D eigenvalue weighted by atomic mass is 79.9. The third-order valence-electron chi connectivity index (χ3n) is 2.25. The van der Waals surface area contributed by atoms with Crippen LogP contribution in [-0.2, 0) is 13.5 Å². The van der Waals surface area contributed by atoms with Gasteiger partial charge in [-0.05, 0) is 12.8 Å². The Labute approximate surface area is 78.9 Å². The average Bonchev–Trinajstić information content (AvgIpc) is 2.41. The van der Waals surface area contributed by atoms with Gasteiger partial charge in [-0.15, -0.1) is 0 Å². The van der Waals surface area contributed by atoms with Crippen LogP contribution in [0, 0.1) is 0 Å². The van der Waals surface area contributed by atoms with Crippen molar-refractivity contribution in [2.45, 2.75) is 17.7 Å². The van der Waals surface area contributed by atoms with E-state index in [4.69, 9.17) is 0 Å². The molecule has 0 amide bonds. The SMILES string of the molecule is Cn1ncc2c1CCC(Br)C2=O. The molecule has 0 bridgehead atoms. The van der Waals surface area contributed by atoms with E-state index in [1.165, 1.54) is 0 Å². The van der Waals surface area contributed by atoms with Crippen LogP contribution in [0.2, 0.25) is 0 Å². The Hall–Kier alpha value is -0.640. The van der Waals surface area contributed by atoms with E-state index >= 15 is 0 Å². The molecule has 2 rings (SSSR count). The molecule has 4 heteroatoms. The standard InChI is InChI=1S/C8H9BrN2O/c1-11-7-3-2-6(9)8(12)5(7)4-10-11/h4,6H,2-3H2,1H3. The van der Waals surface area contributed by atoms with Crippen molar-refractivity contribution in [1.29, 1.82) is 0 Å². The molecule has 1 aromatic rings. The lowest BCUT2D eigenvalue weighted by molar-refractivity contribution is 0.0981. The van der Waals surface area contributed by atoms with Gasteiger partial charge in [-0.1, -0.05) is 15.9 Å². The van der Waals surface area contributed by atoms with Gasteiger partial charge in [0.25, 0.3) is 0 Å². The molecule has 1 atom stereocenters. The predicted octanol–water partition coefficient (Wildman–Crippen LogP) is 1.31. The summed E-state index contributed by atoms with van der Waals surface area (Å²) >= 11 is 3.35. The van der Waals surface area contributed by atoms with E-state index in [2.05, 4.69) is 21.0 Å². The fourth-order valence-electron chi connectivity index (χ4n) is 1.53. The van der Waals surface area contributed by atoms with Gasteiger partial charge >= 0.3 is 0 Å². The first-order valence-electron chi connectivity index (χ1n) is 3.89. The Kier molecular flexibility index (Phi) is 1.79. The Balaban J connectivity index is 2.50. The highest BCUT2D eigenvalue weighted by Gasteiger charge is 2.27. The van der Waals surface area contributed by atoms with Crippen LogP contribution in [0.15, 0.2) is 6.20 Å². The van der Waals surface area contributed by atoms with Gasteiger partial charge in [-0.25, -0.2) is 0 Å². The fourth-order valence-corrected chi connectivity index (χ4v) is 2.00. The average molecular weight is 229 g/mol. The predicted molar refractivity (Wildman–Crippen MR) is 48.6 cm³/mol. The summed E-state index contributed by atoms with van der Waals surface area (Å²) in [6.07, 6.45) is 3.48. The number of aryl methyl sites for hydroxylation is 1. The maximum Gasteiger partial charge on any atom is 0.179 e. The summed E-state index contributed by atoms with van der Waals surface area (Å²) in [7, 11) is 1.88.